The van der Waals surface area contributed by atoms with Crippen LogP contribution in [0.1, 0.15) is 83.6 Å². The zero-order valence-corrected chi connectivity index (χ0v) is 18.9. The molecule has 0 amide bonds. The zero-order chi connectivity index (χ0) is 21.1. The predicted molar refractivity (Wildman–Crippen MR) is 125 cm³/mol. The third kappa shape index (κ3) is 4.46. The van der Waals surface area contributed by atoms with Crippen LogP contribution in [0.4, 0.5) is 5.69 Å². The fourth-order valence-electron chi connectivity index (χ4n) is 5.74. The number of hydrogen-bond acceptors (Lipinski definition) is 2. The van der Waals surface area contributed by atoms with Crippen molar-refractivity contribution in [3.63, 3.8) is 0 Å². The summed E-state index contributed by atoms with van der Waals surface area (Å²) in [5.41, 5.74) is 7.56. The molecule has 0 unspecified atom stereocenters. The Hall–Kier alpha value is -2.13. The summed E-state index contributed by atoms with van der Waals surface area (Å²) in [7, 11) is 0. The van der Waals surface area contributed by atoms with E-state index in [0.717, 1.165) is 43.9 Å². The second kappa shape index (κ2) is 9.34. The van der Waals surface area contributed by atoms with Crippen LogP contribution in [0.2, 0.25) is 0 Å². The standard InChI is InChI=1S/C27H36N2O/c1-20-17-23(19-30)18-21(2)27(20)29-15-13-28(14-16-29)22(3)24-9-11-26(12-10-24)25-7-5-4-6-8-25/h9-12,17-19,22,25H,4-8,13-16H2,1-3H3/p+1/t22-/m1/s1. The molecule has 1 saturated heterocycles. The molecule has 0 aromatic heterocycles. The van der Waals surface area contributed by atoms with E-state index in [2.05, 4.69) is 49.9 Å². The molecule has 2 fully saturated rings. The smallest absolute Gasteiger partial charge is 0.150 e. The number of nitrogens with one attached hydrogen (secondary N) is 1. The van der Waals surface area contributed by atoms with E-state index in [9.17, 15) is 4.79 Å². The van der Waals surface area contributed by atoms with Gasteiger partial charge in [-0.15, -0.1) is 0 Å². The van der Waals surface area contributed by atoms with Gasteiger partial charge in [0.1, 0.15) is 12.3 Å². The molecule has 3 heteroatoms. The summed E-state index contributed by atoms with van der Waals surface area (Å²) in [4.78, 5) is 15.3. The van der Waals surface area contributed by atoms with Crippen LogP contribution in [-0.4, -0.2) is 32.5 Å². The van der Waals surface area contributed by atoms with Crippen LogP contribution in [-0.2, 0) is 0 Å². The number of nitrogens with zero attached hydrogens (tertiary/aromatic N) is 1. The molecule has 1 heterocycles. The van der Waals surface area contributed by atoms with E-state index in [4.69, 9.17) is 0 Å². The first-order chi connectivity index (χ1) is 14.6. The summed E-state index contributed by atoms with van der Waals surface area (Å²) >= 11 is 0. The summed E-state index contributed by atoms with van der Waals surface area (Å²) in [6.07, 6.45) is 7.90. The minimum atomic E-state index is 0.534. The number of hydrogen-bond donors (Lipinski definition) is 1. The quantitative estimate of drug-likeness (QED) is 0.734. The number of piperazine rings is 1. The van der Waals surface area contributed by atoms with Gasteiger partial charge in [0.2, 0.25) is 0 Å². The molecule has 4 rings (SSSR count). The van der Waals surface area contributed by atoms with Crippen LogP contribution in [0.25, 0.3) is 0 Å². The van der Waals surface area contributed by atoms with E-state index < -0.39 is 0 Å². The lowest BCUT2D eigenvalue weighted by atomic mass is 9.83. The van der Waals surface area contributed by atoms with Crippen molar-refractivity contribution in [3.05, 3.63) is 64.2 Å². The minimum Gasteiger partial charge on any atom is -0.360 e. The first-order valence-corrected chi connectivity index (χ1v) is 11.8. The summed E-state index contributed by atoms with van der Waals surface area (Å²) in [6, 6.07) is 14.2. The second-order valence-electron chi connectivity index (χ2n) is 9.49. The topological polar surface area (TPSA) is 24.8 Å². The Labute approximate surface area is 182 Å². The minimum absolute atomic E-state index is 0.534. The number of anilines is 1. The Balaban J connectivity index is 1.38. The summed E-state index contributed by atoms with van der Waals surface area (Å²) in [6.45, 7) is 11.1. The maximum Gasteiger partial charge on any atom is 0.150 e. The van der Waals surface area contributed by atoms with Gasteiger partial charge in [0.25, 0.3) is 0 Å². The summed E-state index contributed by atoms with van der Waals surface area (Å²) < 4.78 is 0. The van der Waals surface area contributed by atoms with Gasteiger partial charge in [-0.1, -0.05) is 43.5 Å². The molecule has 0 spiro atoms. The van der Waals surface area contributed by atoms with Crippen molar-refractivity contribution in [1.29, 1.82) is 0 Å². The highest BCUT2D eigenvalue weighted by molar-refractivity contribution is 5.78. The van der Waals surface area contributed by atoms with E-state index in [-0.39, 0.29) is 0 Å². The SMILES string of the molecule is Cc1cc(C=O)cc(C)c1N1CC[NH+]([C@H](C)c2ccc(C3CCCCC3)cc2)CC1. The van der Waals surface area contributed by atoms with Gasteiger partial charge in [0.15, 0.2) is 0 Å². The van der Waals surface area contributed by atoms with Crippen LogP contribution in [0, 0.1) is 13.8 Å². The Morgan fingerprint density at radius 1 is 0.967 bits per heavy atom. The number of benzene rings is 2. The highest BCUT2D eigenvalue weighted by atomic mass is 16.1. The van der Waals surface area contributed by atoms with Crippen molar-refractivity contribution in [2.24, 2.45) is 0 Å². The Morgan fingerprint density at radius 2 is 1.57 bits per heavy atom. The fourth-order valence-corrected chi connectivity index (χ4v) is 5.74. The van der Waals surface area contributed by atoms with Crippen molar-refractivity contribution in [3.8, 4) is 0 Å². The highest BCUT2D eigenvalue weighted by Crippen LogP contribution is 2.33. The molecule has 0 radical (unpaired) electrons. The predicted octanol–water partition coefficient (Wildman–Crippen LogP) is 4.63. The third-order valence-electron chi connectivity index (χ3n) is 7.50. The van der Waals surface area contributed by atoms with Crippen LogP contribution in [0.15, 0.2) is 36.4 Å². The third-order valence-corrected chi connectivity index (χ3v) is 7.50. The molecular weight excluding hydrogens is 368 g/mol. The molecule has 160 valence electrons. The van der Waals surface area contributed by atoms with E-state index in [1.807, 2.05) is 12.1 Å². The molecule has 3 nitrogen and oxygen atoms in total. The molecule has 2 aromatic rings. The van der Waals surface area contributed by atoms with Gasteiger partial charge in [-0.05, 0) is 68.4 Å². The molecule has 1 aliphatic heterocycles. The number of quaternary nitrogens is 1. The van der Waals surface area contributed by atoms with E-state index in [0.29, 0.717) is 6.04 Å². The normalized spacial score (nSPS) is 19.6. The van der Waals surface area contributed by atoms with Gasteiger partial charge in [-0.2, -0.15) is 0 Å². The van der Waals surface area contributed by atoms with Crippen LogP contribution >= 0.6 is 0 Å². The largest absolute Gasteiger partial charge is 0.360 e. The number of aryl methyl sites for hydroxylation is 2. The maximum atomic E-state index is 11.1. The summed E-state index contributed by atoms with van der Waals surface area (Å²) in [5, 5.41) is 0. The lowest BCUT2D eigenvalue weighted by Gasteiger charge is -2.38. The van der Waals surface area contributed by atoms with Crippen molar-refractivity contribution < 1.29 is 9.69 Å². The number of aldehydes is 1. The summed E-state index contributed by atoms with van der Waals surface area (Å²) in [5.74, 6) is 0.788. The van der Waals surface area contributed by atoms with Crippen LogP contribution in [0.3, 0.4) is 0 Å². The van der Waals surface area contributed by atoms with E-state index in [1.165, 1.54) is 54.5 Å². The number of rotatable bonds is 5. The molecule has 0 bridgehead atoms. The molecule has 1 atom stereocenters. The zero-order valence-electron chi connectivity index (χ0n) is 18.9. The Morgan fingerprint density at radius 3 is 2.13 bits per heavy atom. The second-order valence-corrected chi connectivity index (χ2v) is 9.49. The molecule has 1 saturated carbocycles. The Kier molecular flexibility index (Phi) is 6.58. The molecule has 2 aromatic carbocycles. The van der Waals surface area contributed by atoms with Crippen molar-refractivity contribution in [2.75, 3.05) is 31.1 Å². The van der Waals surface area contributed by atoms with Gasteiger partial charge in [-0.25, -0.2) is 0 Å². The molecule has 2 aliphatic rings. The van der Waals surface area contributed by atoms with Crippen LogP contribution < -0.4 is 9.80 Å². The van der Waals surface area contributed by atoms with Gasteiger partial charge in [0, 0.05) is 16.8 Å². The van der Waals surface area contributed by atoms with E-state index in [1.54, 1.807) is 10.5 Å². The first-order valence-electron chi connectivity index (χ1n) is 11.8. The number of carbonyl (C=O) groups excluding carboxylic acids is 1. The first kappa shape index (κ1) is 21.1. The number of carbonyl (C=O) groups is 1. The Bertz CT molecular complexity index is 836. The highest BCUT2D eigenvalue weighted by Gasteiger charge is 2.27. The molecule has 30 heavy (non-hydrogen) atoms. The van der Waals surface area contributed by atoms with Crippen molar-refractivity contribution >= 4 is 12.0 Å². The van der Waals surface area contributed by atoms with Crippen LogP contribution in [0.5, 0.6) is 0 Å². The van der Waals surface area contributed by atoms with Gasteiger partial charge in [0.05, 0.1) is 26.2 Å². The molecule has 1 aliphatic carbocycles. The lowest BCUT2D eigenvalue weighted by Crippen LogP contribution is -3.14. The monoisotopic (exact) mass is 405 g/mol. The van der Waals surface area contributed by atoms with Gasteiger partial charge >= 0.3 is 0 Å². The van der Waals surface area contributed by atoms with Gasteiger partial charge in [-0.3, -0.25) is 4.79 Å². The average molecular weight is 406 g/mol. The average Bonchev–Trinajstić information content (AvgIpc) is 2.79. The van der Waals surface area contributed by atoms with Crippen molar-refractivity contribution in [1.82, 2.24) is 0 Å². The lowest BCUT2D eigenvalue weighted by molar-refractivity contribution is -0.930. The fraction of sp³-hybridized carbons (Fsp3) is 0.519. The van der Waals surface area contributed by atoms with Crippen molar-refractivity contribution in [2.45, 2.75) is 64.8 Å². The molecule has 1 N–H and O–H groups in total. The maximum absolute atomic E-state index is 11.1. The molecular formula is C27H37N2O+. The van der Waals surface area contributed by atoms with E-state index >= 15 is 0 Å². The van der Waals surface area contributed by atoms with Gasteiger partial charge < -0.3 is 9.80 Å².